The molecule has 0 aliphatic carbocycles. The molecule has 4 rings (SSSR count). The smallest absolute Gasteiger partial charge is 0.263 e. The molecule has 0 bridgehead atoms. The maximum absolute atomic E-state index is 12.9. The average molecular weight is 414 g/mol. The molecule has 2 heterocycles. The summed E-state index contributed by atoms with van der Waals surface area (Å²) in [5, 5.41) is 2.13. The van der Waals surface area contributed by atoms with E-state index in [1.54, 1.807) is 34.5 Å². The summed E-state index contributed by atoms with van der Waals surface area (Å²) in [5.74, 6) is -0.0844. The summed E-state index contributed by atoms with van der Waals surface area (Å²) < 4.78 is 27.9. The largest absolute Gasteiger partial charge is 0.305 e. The number of anilines is 2. The van der Waals surface area contributed by atoms with Gasteiger partial charge in [0.1, 0.15) is 0 Å². The summed E-state index contributed by atoms with van der Waals surface area (Å²) in [6.45, 7) is 3.77. The van der Waals surface area contributed by atoms with Crippen molar-refractivity contribution in [3.63, 3.8) is 0 Å². The number of thiazole rings is 1. The zero-order chi connectivity index (χ0) is 19.9. The second-order valence-electron chi connectivity index (χ2n) is 6.78. The molecule has 1 aliphatic heterocycles. The highest BCUT2D eigenvalue weighted by Crippen LogP contribution is 2.35. The minimum Gasteiger partial charge on any atom is -0.305 e. The van der Waals surface area contributed by atoms with Crippen molar-refractivity contribution in [1.29, 1.82) is 0 Å². The highest BCUT2D eigenvalue weighted by atomic mass is 32.2. The van der Waals surface area contributed by atoms with E-state index in [0.29, 0.717) is 17.1 Å². The Morgan fingerprint density at radius 1 is 1.21 bits per heavy atom. The van der Waals surface area contributed by atoms with E-state index >= 15 is 0 Å². The summed E-state index contributed by atoms with van der Waals surface area (Å²) in [5.41, 5.74) is 2.97. The van der Waals surface area contributed by atoms with Gasteiger partial charge in [0.25, 0.3) is 15.9 Å². The molecule has 1 amide bonds. The first-order chi connectivity index (χ1) is 13.3. The molecule has 0 radical (unpaired) electrons. The predicted octanol–water partition coefficient (Wildman–Crippen LogP) is 3.84. The number of benzene rings is 2. The van der Waals surface area contributed by atoms with E-state index in [9.17, 15) is 13.2 Å². The lowest BCUT2D eigenvalue weighted by Gasteiger charge is -2.23. The number of aryl methyl sites for hydroxylation is 1. The molecule has 8 heteroatoms. The quantitative estimate of drug-likeness (QED) is 0.705. The Hall–Kier alpha value is -2.71. The number of nitrogens with zero attached hydrogens (tertiary/aromatic N) is 2. The number of fused-ring (bicyclic) bond motifs is 1. The van der Waals surface area contributed by atoms with Gasteiger partial charge in [-0.1, -0.05) is 18.2 Å². The van der Waals surface area contributed by atoms with Crippen molar-refractivity contribution >= 4 is 38.1 Å². The van der Waals surface area contributed by atoms with Crippen molar-refractivity contribution in [3.05, 3.63) is 70.7 Å². The van der Waals surface area contributed by atoms with Crippen molar-refractivity contribution in [1.82, 2.24) is 4.98 Å². The first-order valence-corrected chi connectivity index (χ1v) is 11.2. The van der Waals surface area contributed by atoms with E-state index in [1.165, 1.54) is 17.4 Å². The lowest BCUT2D eigenvalue weighted by Crippen LogP contribution is -2.35. The fourth-order valence-electron chi connectivity index (χ4n) is 3.38. The molecule has 0 spiro atoms. The van der Waals surface area contributed by atoms with Gasteiger partial charge in [0, 0.05) is 22.7 Å². The zero-order valence-corrected chi connectivity index (χ0v) is 17.0. The zero-order valence-electron chi connectivity index (χ0n) is 15.4. The third kappa shape index (κ3) is 3.41. The molecule has 144 valence electrons. The fraction of sp³-hybridized carbons (Fsp3) is 0.200. The fourth-order valence-corrected chi connectivity index (χ4v) is 5.37. The number of hydrogen-bond donors (Lipinski definition) is 1. The van der Waals surface area contributed by atoms with Crippen LogP contribution in [0.4, 0.5) is 10.8 Å². The monoisotopic (exact) mass is 413 g/mol. The van der Waals surface area contributed by atoms with Crippen LogP contribution in [0.15, 0.2) is 58.8 Å². The van der Waals surface area contributed by atoms with E-state index in [0.717, 1.165) is 16.9 Å². The van der Waals surface area contributed by atoms with Crippen LogP contribution in [-0.4, -0.2) is 25.4 Å². The highest BCUT2D eigenvalue weighted by Gasteiger charge is 2.32. The van der Waals surface area contributed by atoms with Gasteiger partial charge >= 0.3 is 0 Å². The first-order valence-electron chi connectivity index (χ1n) is 8.81. The van der Waals surface area contributed by atoms with Gasteiger partial charge in [-0.3, -0.25) is 9.52 Å². The lowest BCUT2D eigenvalue weighted by atomic mass is 10.1. The van der Waals surface area contributed by atoms with E-state index in [2.05, 4.69) is 9.71 Å². The van der Waals surface area contributed by atoms with Crippen LogP contribution >= 0.6 is 11.3 Å². The third-order valence-corrected chi connectivity index (χ3v) is 7.00. The number of hydrogen-bond acceptors (Lipinski definition) is 5. The summed E-state index contributed by atoms with van der Waals surface area (Å²) in [7, 11) is -3.73. The van der Waals surface area contributed by atoms with Crippen molar-refractivity contribution in [2.75, 3.05) is 9.62 Å². The van der Waals surface area contributed by atoms with Gasteiger partial charge in [0.05, 0.1) is 10.6 Å². The summed E-state index contributed by atoms with van der Waals surface area (Å²) in [4.78, 5) is 19.0. The van der Waals surface area contributed by atoms with Crippen LogP contribution in [0.3, 0.4) is 0 Å². The van der Waals surface area contributed by atoms with Gasteiger partial charge in [0.15, 0.2) is 5.13 Å². The van der Waals surface area contributed by atoms with Gasteiger partial charge in [0.2, 0.25) is 0 Å². The van der Waals surface area contributed by atoms with Gasteiger partial charge < -0.3 is 4.90 Å². The molecule has 28 heavy (non-hydrogen) atoms. The maximum Gasteiger partial charge on any atom is 0.263 e. The Balaban J connectivity index is 1.64. The van der Waals surface area contributed by atoms with Crippen molar-refractivity contribution in [2.45, 2.75) is 31.2 Å². The molecule has 2 aromatic carbocycles. The first kappa shape index (κ1) is 18.6. The number of sulfonamides is 1. The Kier molecular flexibility index (Phi) is 4.68. The summed E-state index contributed by atoms with van der Waals surface area (Å²) in [6, 6.07) is 13.9. The molecular formula is C20H19N3O3S2. The second-order valence-corrected chi connectivity index (χ2v) is 9.32. The van der Waals surface area contributed by atoms with Crippen LogP contribution in [-0.2, 0) is 16.4 Å². The summed E-state index contributed by atoms with van der Waals surface area (Å²) >= 11 is 1.24. The van der Waals surface area contributed by atoms with E-state index in [-0.39, 0.29) is 16.8 Å². The van der Waals surface area contributed by atoms with Gasteiger partial charge in [-0.05, 0) is 56.2 Å². The van der Waals surface area contributed by atoms with Crippen molar-refractivity contribution in [2.24, 2.45) is 0 Å². The number of carbonyl (C=O) groups excluding carboxylic acids is 1. The molecule has 3 aromatic rings. The number of rotatable bonds is 4. The van der Waals surface area contributed by atoms with E-state index in [1.807, 2.05) is 32.0 Å². The number of amides is 1. The van der Waals surface area contributed by atoms with Crippen LogP contribution < -0.4 is 9.62 Å². The molecule has 1 aromatic heterocycles. The summed E-state index contributed by atoms with van der Waals surface area (Å²) in [6.07, 6.45) is 0.605. The Morgan fingerprint density at radius 2 is 1.96 bits per heavy atom. The molecule has 1 unspecified atom stereocenters. The average Bonchev–Trinajstić information content (AvgIpc) is 3.22. The van der Waals surface area contributed by atoms with Crippen LogP contribution in [0.25, 0.3) is 0 Å². The molecule has 0 fully saturated rings. The van der Waals surface area contributed by atoms with Gasteiger partial charge in [-0.15, -0.1) is 11.3 Å². The number of carbonyl (C=O) groups is 1. The minimum absolute atomic E-state index is 0.0461. The Morgan fingerprint density at radius 3 is 2.64 bits per heavy atom. The molecule has 1 atom stereocenters. The van der Waals surface area contributed by atoms with Crippen LogP contribution in [0.1, 0.15) is 28.5 Å². The topological polar surface area (TPSA) is 79.4 Å². The van der Waals surface area contributed by atoms with Crippen molar-refractivity contribution in [3.8, 4) is 0 Å². The number of nitrogens with one attached hydrogen (secondary N) is 1. The molecular weight excluding hydrogens is 394 g/mol. The predicted molar refractivity (Wildman–Crippen MR) is 111 cm³/mol. The SMILES string of the molecule is Cc1csc(NS(=O)(=O)c2ccc3c(c2)CC(C)N3C(=O)c2ccccc2)n1. The Labute approximate surface area is 167 Å². The molecule has 0 saturated carbocycles. The molecule has 6 nitrogen and oxygen atoms in total. The second kappa shape index (κ2) is 7.03. The normalized spacial score (nSPS) is 16.1. The lowest BCUT2D eigenvalue weighted by molar-refractivity contribution is 0.0981. The molecule has 1 N–H and O–H groups in total. The number of aromatic nitrogens is 1. The third-order valence-electron chi connectivity index (χ3n) is 4.66. The standard InChI is InChI=1S/C20H19N3O3S2/c1-13-12-27-20(21-13)22-28(25,26)17-8-9-18-16(11-17)10-14(2)23(18)19(24)15-6-4-3-5-7-15/h3-9,11-12,14H,10H2,1-2H3,(H,21,22). The van der Waals surface area contributed by atoms with E-state index < -0.39 is 10.0 Å². The minimum atomic E-state index is -3.73. The highest BCUT2D eigenvalue weighted by molar-refractivity contribution is 7.93. The van der Waals surface area contributed by atoms with E-state index in [4.69, 9.17) is 0 Å². The van der Waals surface area contributed by atoms with Crippen molar-refractivity contribution < 1.29 is 13.2 Å². The molecule has 0 saturated heterocycles. The van der Waals surface area contributed by atoms with Gasteiger partial charge in [-0.2, -0.15) is 0 Å². The Bertz CT molecular complexity index is 1140. The van der Waals surface area contributed by atoms with Crippen LogP contribution in [0.5, 0.6) is 0 Å². The van der Waals surface area contributed by atoms with Crippen LogP contribution in [0, 0.1) is 6.92 Å². The molecule has 1 aliphatic rings. The van der Waals surface area contributed by atoms with Crippen LogP contribution in [0.2, 0.25) is 0 Å². The van der Waals surface area contributed by atoms with Gasteiger partial charge in [-0.25, -0.2) is 13.4 Å². The maximum atomic E-state index is 12.9.